The molecule has 1 aromatic heterocycles. The van der Waals surface area contributed by atoms with Gasteiger partial charge in [0.15, 0.2) is 0 Å². The molecule has 110 valence electrons. The Labute approximate surface area is 120 Å². The summed E-state index contributed by atoms with van der Waals surface area (Å²) < 4.78 is 0. The molecule has 1 heterocycles. The van der Waals surface area contributed by atoms with E-state index in [1.807, 2.05) is 13.8 Å². The SMILES string of the molecule is CCCCNC(=O)c1ccnc(C(=O)NCC(C)C)c1. The van der Waals surface area contributed by atoms with Crippen molar-refractivity contribution in [1.82, 2.24) is 15.6 Å². The lowest BCUT2D eigenvalue weighted by molar-refractivity contribution is 0.0944. The van der Waals surface area contributed by atoms with E-state index in [9.17, 15) is 9.59 Å². The molecule has 0 aliphatic carbocycles. The number of hydrogen-bond acceptors (Lipinski definition) is 3. The second-order valence-electron chi connectivity index (χ2n) is 5.14. The topological polar surface area (TPSA) is 71.1 Å². The Morgan fingerprint density at radius 1 is 1.25 bits per heavy atom. The Hall–Kier alpha value is -1.91. The minimum absolute atomic E-state index is 0.168. The summed E-state index contributed by atoms with van der Waals surface area (Å²) in [5, 5.41) is 5.60. The van der Waals surface area contributed by atoms with Gasteiger partial charge < -0.3 is 10.6 Å². The van der Waals surface area contributed by atoms with Crippen LogP contribution in [0.15, 0.2) is 18.3 Å². The van der Waals surface area contributed by atoms with E-state index < -0.39 is 0 Å². The monoisotopic (exact) mass is 277 g/mol. The fraction of sp³-hybridized carbons (Fsp3) is 0.533. The van der Waals surface area contributed by atoms with Gasteiger partial charge in [0.05, 0.1) is 0 Å². The summed E-state index contributed by atoms with van der Waals surface area (Å²) >= 11 is 0. The van der Waals surface area contributed by atoms with Crippen molar-refractivity contribution in [2.45, 2.75) is 33.6 Å². The van der Waals surface area contributed by atoms with Gasteiger partial charge in [-0.1, -0.05) is 27.2 Å². The van der Waals surface area contributed by atoms with Crippen LogP contribution in [0.4, 0.5) is 0 Å². The van der Waals surface area contributed by atoms with E-state index in [0.717, 1.165) is 12.8 Å². The number of nitrogens with one attached hydrogen (secondary N) is 2. The van der Waals surface area contributed by atoms with E-state index in [2.05, 4.69) is 22.5 Å². The number of unbranched alkanes of at least 4 members (excludes halogenated alkanes) is 1. The van der Waals surface area contributed by atoms with Crippen LogP contribution in [-0.4, -0.2) is 29.9 Å². The minimum Gasteiger partial charge on any atom is -0.352 e. The Kier molecular flexibility index (Phi) is 6.70. The van der Waals surface area contributed by atoms with E-state index in [4.69, 9.17) is 0 Å². The highest BCUT2D eigenvalue weighted by molar-refractivity contribution is 5.98. The Balaban J connectivity index is 2.65. The summed E-state index contributed by atoms with van der Waals surface area (Å²) in [7, 11) is 0. The molecule has 0 saturated carbocycles. The molecule has 0 saturated heterocycles. The number of carbonyl (C=O) groups is 2. The van der Waals surface area contributed by atoms with Crippen molar-refractivity contribution < 1.29 is 9.59 Å². The van der Waals surface area contributed by atoms with Gasteiger partial charge in [-0.05, 0) is 24.5 Å². The maximum Gasteiger partial charge on any atom is 0.269 e. The smallest absolute Gasteiger partial charge is 0.269 e. The van der Waals surface area contributed by atoms with Crippen molar-refractivity contribution in [2.75, 3.05) is 13.1 Å². The van der Waals surface area contributed by atoms with Crippen molar-refractivity contribution >= 4 is 11.8 Å². The van der Waals surface area contributed by atoms with Crippen LogP contribution < -0.4 is 10.6 Å². The van der Waals surface area contributed by atoms with Gasteiger partial charge in [0, 0.05) is 24.8 Å². The van der Waals surface area contributed by atoms with Crippen LogP contribution in [0.2, 0.25) is 0 Å². The van der Waals surface area contributed by atoms with Crippen LogP contribution in [0.25, 0.3) is 0 Å². The van der Waals surface area contributed by atoms with Crippen molar-refractivity contribution in [3.8, 4) is 0 Å². The summed E-state index contributed by atoms with van der Waals surface area (Å²) in [5.74, 6) is -0.0415. The summed E-state index contributed by atoms with van der Waals surface area (Å²) in [6.45, 7) is 7.34. The number of amides is 2. The number of hydrogen-bond donors (Lipinski definition) is 2. The van der Waals surface area contributed by atoms with Crippen LogP contribution in [0.1, 0.15) is 54.5 Å². The standard InChI is InChI=1S/C15H23N3O2/c1-4-5-7-17-14(19)12-6-8-16-13(9-12)15(20)18-10-11(2)3/h6,8-9,11H,4-5,7,10H2,1-3H3,(H,17,19)(H,18,20). The van der Waals surface area contributed by atoms with Gasteiger partial charge in [-0.3, -0.25) is 14.6 Å². The molecule has 0 aliphatic heterocycles. The van der Waals surface area contributed by atoms with E-state index in [1.165, 1.54) is 12.3 Å². The summed E-state index contributed by atoms with van der Waals surface area (Å²) in [6, 6.07) is 3.14. The lowest BCUT2D eigenvalue weighted by Crippen LogP contribution is -2.29. The summed E-state index contributed by atoms with van der Waals surface area (Å²) in [5.41, 5.74) is 0.736. The molecule has 2 N–H and O–H groups in total. The largest absolute Gasteiger partial charge is 0.352 e. The Morgan fingerprint density at radius 3 is 2.65 bits per heavy atom. The Bertz CT molecular complexity index is 458. The van der Waals surface area contributed by atoms with Gasteiger partial charge in [-0.2, -0.15) is 0 Å². The molecule has 1 rings (SSSR count). The maximum atomic E-state index is 11.9. The highest BCUT2D eigenvalue weighted by atomic mass is 16.2. The first-order valence-electron chi connectivity index (χ1n) is 7.07. The average Bonchev–Trinajstić information content (AvgIpc) is 2.45. The summed E-state index contributed by atoms with van der Waals surface area (Å²) in [6.07, 6.45) is 3.46. The molecule has 0 bridgehead atoms. The molecule has 0 unspecified atom stereocenters. The third kappa shape index (κ3) is 5.38. The molecule has 0 spiro atoms. The predicted molar refractivity (Wildman–Crippen MR) is 78.6 cm³/mol. The number of nitrogens with zero attached hydrogens (tertiary/aromatic N) is 1. The van der Waals surface area contributed by atoms with Gasteiger partial charge >= 0.3 is 0 Å². The molecule has 0 aromatic carbocycles. The second kappa shape index (κ2) is 8.30. The van der Waals surface area contributed by atoms with Gasteiger partial charge in [-0.25, -0.2) is 0 Å². The van der Waals surface area contributed by atoms with Crippen LogP contribution in [-0.2, 0) is 0 Å². The third-order valence-electron chi connectivity index (χ3n) is 2.74. The second-order valence-corrected chi connectivity index (χ2v) is 5.14. The van der Waals surface area contributed by atoms with Crippen LogP contribution in [0.5, 0.6) is 0 Å². The van der Waals surface area contributed by atoms with Gasteiger partial charge in [0.1, 0.15) is 5.69 Å². The number of aromatic nitrogens is 1. The van der Waals surface area contributed by atoms with Gasteiger partial charge in [-0.15, -0.1) is 0 Å². The van der Waals surface area contributed by atoms with Gasteiger partial charge in [0.25, 0.3) is 11.8 Å². The molecular weight excluding hydrogens is 254 g/mol. The highest BCUT2D eigenvalue weighted by Gasteiger charge is 2.11. The molecule has 0 radical (unpaired) electrons. The van der Waals surface area contributed by atoms with E-state index in [-0.39, 0.29) is 17.5 Å². The van der Waals surface area contributed by atoms with Crippen LogP contribution in [0, 0.1) is 5.92 Å². The normalized spacial score (nSPS) is 10.4. The van der Waals surface area contributed by atoms with Crippen LogP contribution in [0.3, 0.4) is 0 Å². The van der Waals surface area contributed by atoms with Crippen molar-refractivity contribution in [1.29, 1.82) is 0 Å². The molecule has 5 heteroatoms. The molecule has 0 fully saturated rings. The number of rotatable bonds is 7. The fourth-order valence-corrected chi connectivity index (χ4v) is 1.56. The molecule has 5 nitrogen and oxygen atoms in total. The van der Waals surface area contributed by atoms with Gasteiger partial charge in [0.2, 0.25) is 0 Å². The lowest BCUT2D eigenvalue weighted by Gasteiger charge is -2.08. The summed E-state index contributed by atoms with van der Waals surface area (Å²) in [4.78, 5) is 27.8. The molecule has 1 aromatic rings. The predicted octanol–water partition coefficient (Wildman–Crippen LogP) is 2.00. The zero-order valence-corrected chi connectivity index (χ0v) is 12.4. The zero-order valence-electron chi connectivity index (χ0n) is 12.4. The third-order valence-corrected chi connectivity index (χ3v) is 2.74. The van der Waals surface area contributed by atoms with Crippen molar-refractivity contribution in [3.63, 3.8) is 0 Å². The first-order chi connectivity index (χ1) is 9.54. The lowest BCUT2D eigenvalue weighted by atomic mass is 10.2. The Morgan fingerprint density at radius 2 is 2.00 bits per heavy atom. The maximum absolute atomic E-state index is 11.9. The first kappa shape index (κ1) is 16.1. The van der Waals surface area contributed by atoms with E-state index in [0.29, 0.717) is 24.6 Å². The zero-order chi connectivity index (χ0) is 15.0. The molecular formula is C15H23N3O2. The molecule has 0 atom stereocenters. The molecule has 0 aliphatic rings. The fourth-order valence-electron chi connectivity index (χ4n) is 1.56. The first-order valence-corrected chi connectivity index (χ1v) is 7.07. The van der Waals surface area contributed by atoms with Crippen molar-refractivity contribution in [2.24, 2.45) is 5.92 Å². The van der Waals surface area contributed by atoms with Crippen molar-refractivity contribution in [3.05, 3.63) is 29.6 Å². The highest BCUT2D eigenvalue weighted by Crippen LogP contribution is 2.03. The van der Waals surface area contributed by atoms with Crippen LogP contribution >= 0.6 is 0 Å². The van der Waals surface area contributed by atoms with E-state index >= 15 is 0 Å². The molecule has 20 heavy (non-hydrogen) atoms. The quantitative estimate of drug-likeness (QED) is 0.749. The molecule has 2 amide bonds. The number of pyridine rings is 1. The minimum atomic E-state index is -0.248. The van der Waals surface area contributed by atoms with E-state index in [1.54, 1.807) is 6.07 Å². The number of carbonyl (C=O) groups excluding carboxylic acids is 2. The average molecular weight is 277 g/mol.